The van der Waals surface area contributed by atoms with Crippen LogP contribution in [0.15, 0.2) is 48.5 Å². The number of halogens is 1. The third-order valence-corrected chi connectivity index (χ3v) is 3.42. The van der Waals surface area contributed by atoms with Crippen LogP contribution < -0.4 is 4.74 Å². The molecule has 18 heavy (non-hydrogen) atoms. The summed E-state index contributed by atoms with van der Waals surface area (Å²) in [4.78, 5) is 0. The smallest absolute Gasteiger partial charge is 0.150 e. The van der Waals surface area contributed by atoms with E-state index in [0.29, 0.717) is 11.4 Å². The summed E-state index contributed by atoms with van der Waals surface area (Å²) in [5, 5.41) is 10.8. The Kier molecular flexibility index (Phi) is 2.98. The highest BCUT2D eigenvalue weighted by molar-refractivity contribution is 6.30. The van der Waals surface area contributed by atoms with Gasteiger partial charge in [-0.2, -0.15) is 0 Å². The van der Waals surface area contributed by atoms with Gasteiger partial charge in [0.25, 0.3) is 0 Å². The SMILES string of the molecule is O[C@H]1Cc2ccccc2O[C@@H]1c1cccc(Cl)c1. The van der Waals surface area contributed by atoms with E-state index in [9.17, 15) is 5.11 Å². The fourth-order valence-corrected chi connectivity index (χ4v) is 2.51. The van der Waals surface area contributed by atoms with Crippen molar-refractivity contribution in [2.24, 2.45) is 0 Å². The number of fused-ring (bicyclic) bond motifs is 1. The maximum Gasteiger partial charge on any atom is 0.150 e. The molecule has 0 radical (unpaired) electrons. The predicted octanol–water partition coefficient (Wildman–Crippen LogP) is 3.38. The highest BCUT2D eigenvalue weighted by Crippen LogP contribution is 2.35. The molecule has 2 atom stereocenters. The van der Waals surface area contributed by atoms with E-state index in [1.54, 1.807) is 0 Å². The van der Waals surface area contributed by atoms with Crippen molar-refractivity contribution in [2.45, 2.75) is 18.6 Å². The molecule has 0 amide bonds. The molecule has 0 saturated carbocycles. The molecule has 0 aliphatic carbocycles. The van der Waals surface area contributed by atoms with E-state index in [-0.39, 0.29) is 6.10 Å². The summed E-state index contributed by atoms with van der Waals surface area (Å²) in [6.45, 7) is 0. The molecule has 1 aliphatic rings. The normalized spacial score (nSPS) is 22.1. The molecule has 3 heteroatoms. The maximum absolute atomic E-state index is 10.2. The van der Waals surface area contributed by atoms with E-state index in [0.717, 1.165) is 16.9 Å². The van der Waals surface area contributed by atoms with Gasteiger partial charge in [0, 0.05) is 11.4 Å². The lowest BCUT2D eigenvalue weighted by molar-refractivity contribution is 0.0208. The fraction of sp³-hybridized carbons (Fsp3) is 0.200. The zero-order valence-corrected chi connectivity index (χ0v) is 10.5. The van der Waals surface area contributed by atoms with Crippen molar-refractivity contribution in [1.82, 2.24) is 0 Å². The van der Waals surface area contributed by atoms with Gasteiger partial charge < -0.3 is 9.84 Å². The molecule has 0 aromatic heterocycles. The minimum Gasteiger partial charge on any atom is -0.483 e. The lowest BCUT2D eigenvalue weighted by atomic mass is 9.95. The van der Waals surface area contributed by atoms with Crippen LogP contribution in [-0.4, -0.2) is 11.2 Å². The molecule has 92 valence electrons. The van der Waals surface area contributed by atoms with Gasteiger partial charge in [0.1, 0.15) is 11.9 Å². The van der Waals surface area contributed by atoms with Gasteiger partial charge in [0.05, 0.1) is 6.10 Å². The van der Waals surface area contributed by atoms with Crippen LogP contribution in [0, 0.1) is 0 Å². The average molecular weight is 261 g/mol. The van der Waals surface area contributed by atoms with E-state index >= 15 is 0 Å². The Morgan fingerprint density at radius 1 is 1.11 bits per heavy atom. The van der Waals surface area contributed by atoms with Crippen molar-refractivity contribution in [2.75, 3.05) is 0 Å². The Morgan fingerprint density at radius 2 is 1.94 bits per heavy atom. The van der Waals surface area contributed by atoms with Crippen LogP contribution in [0.2, 0.25) is 5.02 Å². The molecule has 0 spiro atoms. The molecule has 1 heterocycles. The Bertz CT molecular complexity index is 568. The van der Waals surface area contributed by atoms with Crippen LogP contribution in [0.25, 0.3) is 0 Å². The summed E-state index contributed by atoms with van der Waals surface area (Å²) in [6, 6.07) is 15.2. The minimum atomic E-state index is -0.543. The van der Waals surface area contributed by atoms with E-state index in [4.69, 9.17) is 16.3 Å². The molecule has 3 rings (SSSR count). The number of rotatable bonds is 1. The average Bonchev–Trinajstić information content (AvgIpc) is 2.38. The van der Waals surface area contributed by atoms with Crippen LogP contribution in [0.5, 0.6) is 5.75 Å². The number of aliphatic hydroxyl groups is 1. The highest BCUT2D eigenvalue weighted by atomic mass is 35.5. The second-order valence-corrected chi connectivity index (χ2v) is 4.91. The lowest BCUT2D eigenvalue weighted by Gasteiger charge is -2.30. The summed E-state index contributed by atoms with van der Waals surface area (Å²) in [6.07, 6.45) is -0.287. The van der Waals surface area contributed by atoms with E-state index in [1.807, 2.05) is 48.5 Å². The van der Waals surface area contributed by atoms with Crippen molar-refractivity contribution in [3.8, 4) is 5.75 Å². The number of hydrogen-bond donors (Lipinski definition) is 1. The van der Waals surface area contributed by atoms with Crippen LogP contribution in [0.4, 0.5) is 0 Å². The van der Waals surface area contributed by atoms with Gasteiger partial charge in [0.2, 0.25) is 0 Å². The molecule has 1 N–H and O–H groups in total. The number of benzene rings is 2. The lowest BCUT2D eigenvalue weighted by Crippen LogP contribution is -2.30. The Labute approximate surface area is 111 Å². The van der Waals surface area contributed by atoms with E-state index < -0.39 is 6.10 Å². The van der Waals surface area contributed by atoms with Crippen molar-refractivity contribution in [3.63, 3.8) is 0 Å². The van der Waals surface area contributed by atoms with Gasteiger partial charge in [-0.1, -0.05) is 41.9 Å². The molecule has 2 nitrogen and oxygen atoms in total. The number of para-hydroxylation sites is 1. The molecule has 0 saturated heterocycles. The van der Waals surface area contributed by atoms with Gasteiger partial charge in [-0.3, -0.25) is 0 Å². The Hall–Kier alpha value is -1.51. The van der Waals surface area contributed by atoms with Gasteiger partial charge in [-0.05, 0) is 29.3 Å². The summed E-state index contributed by atoms with van der Waals surface area (Å²) < 4.78 is 5.88. The summed E-state index contributed by atoms with van der Waals surface area (Å²) in [7, 11) is 0. The van der Waals surface area contributed by atoms with Gasteiger partial charge >= 0.3 is 0 Å². The molecular weight excluding hydrogens is 248 g/mol. The second kappa shape index (κ2) is 4.63. The first-order valence-electron chi connectivity index (χ1n) is 5.92. The van der Waals surface area contributed by atoms with Crippen molar-refractivity contribution >= 4 is 11.6 Å². The summed E-state index contributed by atoms with van der Waals surface area (Å²) in [5.41, 5.74) is 1.95. The van der Waals surface area contributed by atoms with E-state index in [2.05, 4.69) is 0 Å². The topological polar surface area (TPSA) is 29.5 Å². The Balaban J connectivity index is 1.96. The molecule has 0 fully saturated rings. The Morgan fingerprint density at radius 3 is 2.78 bits per heavy atom. The van der Waals surface area contributed by atoms with Crippen LogP contribution in [-0.2, 0) is 6.42 Å². The third kappa shape index (κ3) is 2.09. The monoisotopic (exact) mass is 260 g/mol. The standard InChI is InChI=1S/C15H13ClO2/c16-12-6-3-5-11(8-12)15-13(17)9-10-4-1-2-7-14(10)18-15/h1-8,13,15,17H,9H2/t13-,15+/m0/s1. The van der Waals surface area contributed by atoms with Gasteiger partial charge in [0.15, 0.2) is 0 Å². The summed E-state index contributed by atoms with van der Waals surface area (Å²) >= 11 is 5.97. The first kappa shape index (κ1) is 11.6. The second-order valence-electron chi connectivity index (χ2n) is 4.47. The van der Waals surface area contributed by atoms with Crippen LogP contribution in [0.3, 0.4) is 0 Å². The quantitative estimate of drug-likeness (QED) is 0.852. The van der Waals surface area contributed by atoms with Crippen LogP contribution >= 0.6 is 11.6 Å². The first-order valence-corrected chi connectivity index (χ1v) is 6.30. The third-order valence-electron chi connectivity index (χ3n) is 3.18. The number of ether oxygens (including phenoxy) is 1. The first-order chi connectivity index (χ1) is 8.74. The van der Waals surface area contributed by atoms with Gasteiger partial charge in [-0.25, -0.2) is 0 Å². The molecule has 2 aromatic carbocycles. The van der Waals surface area contributed by atoms with Crippen molar-refractivity contribution < 1.29 is 9.84 Å². The van der Waals surface area contributed by atoms with Crippen LogP contribution in [0.1, 0.15) is 17.2 Å². The molecule has 0 bridgehead atoms. The zero-order valence-electron chi connectivity index (χ0n) is 9.71. The molecule has 0 unspecified atom stereocenters. The number of aliphatic hydroxyl groups excluding tert-OH is 1. The highest BCUT2D eigenvalue weighted by Gasteiger charge is 2.29. The molecule has 2 aromatic rings. The maximum atomic E-state index is 10.2. The zero-order chi connectivity index (χ0) is 12.5. The molecular formula is C15H13ClO2. The largest absolute Gasteiger partial charge is 0.483 e. The number of hydrogen-bond acceptors (Lipinski definition) is 2. The van der Waals surface area contributed by atoms with Crippen molar-refractivity contribution in [1.29, 1.82) is 0 Å². The van der Waals surface area contributed by atoms with Crippen molar-refractivity contribution in [3.05, 3.63) is 64.7 Å². The van der Waals surface area contributed by atoms with Gasteiger partial charge in [-0.15, -0.1) is 0 Å². The fourth-order valence-electron chi connectivity index (χ4n) is 2.31. The summed E-state index contributed by atoms with van der Waals surface area (Å²) in [5.74, 6) is 0.841. The minimum absolute atomic E-state index is 0.349. The molecule has 1 aliphatic heterocycles. The predicted molar refractivity (Wildman–Crippen MR) is 71.0 cm³/mol. The van der Waals surface area contributed by atoms with E-state index in [1.165, 1.54) is 0 Å².